The van der Waals surface area contributed by atoms with Gasteiger partial charge < -0.3 is 31.9 Å². The molecule has 0 aromatic rings. The first kappa shape index (κ1) is 26.0. The Bertz CT molecular complexity index is 591. The first-order valence-electron chi connectivity index (χ1n) is 8.24. The van der Waals surface area contributed by atoms with Crippen LogP contribution in [0.5, 0.6) is 0 Å². The van der Waals surface area contributed by atoms with Crippen molar-refractivity contribution in [3.8, 4) is 0 Å². The van der Waals surface area contributed by atoms with Gasteiger partial charge in [-0.2, -0.15) is 24.4 Å². The largest absolute Gasteiger partial charge is 0.481 e. The maximum Gasteiger partial charge on any atom is 0.326 e. The van der Waals surface area contributed by atoms with Crippen LogP contribution in [0.15, 0.2) is 0 Å². The summed E-state index contributed by atoms with van der Waals surface area (Å²) in [6.07, 6.45) is 1.15. The van der Waals surface area contributed by atoms with Crippen LogP contribution in [0.3, 0.4) is 0 Å². The molecule has 0 saturated carbocycles. The molecule has 0 aliphatic carbocycles. The van der Waals surface area contributed by atoms with E-state index in [4.69, 9.17) is 15.9 Å². The van der Waals surface area contributed by atoms with E-state index in [0.29, 0.717) is 5.75 Å². The molecule has 3 amide bonds. The molecule has 0 aliphatic heterocycles. The summed E-state index contributed by atoms with van der Waals surface area (Å²) in [5.74, 6) is -4.44. The number of amides is 3. The second-order valence-corrected chi connectivity index (χ2v) is 7.21. The number of aliphatic carboxylic acids is 2. The molecule has 7 N–H and O–H groups in total. The van der Waals surface area contributed by atoms with E-state index in [1.54, 1.807) is 6.26 Å². The van der Waals surface area contributed by atoms with Gasteiger partial charge >= 0.3 is 11.9 Å². The Balaban J connectivity index is 5.06. The molecule has 160 valence electrons. The smallest absolute Gasteiger partial charge is 0.326 e. The van der Waals surface area contributed by atoms with Crippen LogP contribution in [-0.4, -0.2) is 81.8 Å². The summed E-state index contributed by atoms with van der Waals surface area (Å²) in [5.41, 5.74) is 5.51. The first-order valence-corrected chi connectivity index (χ1v) is 10.3. The predicted octanol–water partition coefficient (Wildman–Crippen LogP) is -1.97. The minimum Gasteiger partial charge on any atom is -0.481 e. The van der Waals surface area contributed by atoms with Crippen molar-refractivity contribution in [2.75, 3.05) is 17.8 Å². The number of carboxylic acid groups (broad SMARTS) is 2. The number of carbonyl (C=O) groups is 5. The van der Waals surface area contributed by atoms with E-state index in [-0.39, 0.29) is 12.2 Å². The van der Waals surface area contributed by atoms with E-state index in [1.165, 1.54) is 18.7 Å². The zero-order chi connectivity index (χ0) is 21.9. The van der Waals surface area contributed by atoms with E-state index in [0.717, 1.165) is 0 Å². The van der Waals surface area contributed by atoms with Gasteiger partial charge in [-0.05, 0) is 25.4 Å². The molecule has 0 spiro atoms. The third-order valence-corrected chi connectivity index (χ3v) is 4.56. The molecule has 0 aromatic carbocycles. The van der Waals surface area contributed by atoms with Crippen LogP contribution in [0, 0.1) is 0 Å². The van der Waals surface area contributed by atoms with Crippen molar-refractivity contribution < 1.29 is 34.2 Å². The Hall–Kier alpha value is -1.99. The fourth-order valence-electron chi connectivity index (χ4n) is 1.92. The van der Waals surface area contributed by atoms with Gasteiger partial charge in [0.2, 0.25) is 17.7 Å². The van der Waals surface area contributed by atoms with E-state index in [2.05, 4.69) is 28.6 Å². The van der Waals surface area contributed by atoms with Crippen molar-refractivity contribution in [1.29, 1.82) is 0 Å². The Morgan fingerprint density at radius 1 is 1.00 bits per heavy atom. The lowest BCUT2D eigenvalue weighted by atomic mass is 10.1. The van der Waals surface area contributed by atoms with Gasteiger partial charge in [-0.1, -0.05) is 0 Å². The molecule has 0 radical (unpaired) electrons. The lowest BCUT2D eigenvalue weighted by Gasteiger charge is -2.23. The number of thioether (sulfide) groups is 1. The van der Waals surface area contributed by atoms with Crippen molar-refractivity contribution in [2.24, 2.45) is 5.73 Å². The Morgan fingerprint density at radius 3 is 2.04 bits per heavy atom. The van der Waals surface area contributed by atoms with Crippen LogP contribution >= 0.6 is 24.4 Å². The summed E-state index contributed by atoms with van der Waals surface area (Å²) in [7, 11) is 0. The summed E-state index contributed by atoms with van der Waals surface area (Å²) in [6, 6.07) is -4.64. The average Bonchev–Trinajstić information content (AvgIpc) is 2.62. The number of carboxylic acids is 2. The fourth-order valence-corrected chi connectivity index (χ4v) is 2.55. The Morgan fingerprint density at radius 2 is 1.57 bits per heavy atom. The van der Waals surface area contributed by atoms with Crippen molar-refractivity contribution in [3.05, 3.63) is 0 Å². The lowest BCUT2D eigenvalue weighted by molar-refractivity contribution is -0.147. The van der Waals surface area contributed by atoms with Crippen molar-refractivity contribution >= 4 is 54.1 Å². The van der Waals surface area contributed by atoms with Gasteiger partial charge in [-0.3, -0.25) is 19.2 Å². The standard InChI is InChI=1S/C15H26N4O7S2/c1-7(17-13(23)8(16)6-27)12(22)18-9(3-4-28-2)14(24)19-10(15(25)26)5-11(20)21/h7-10,27H,3-6,16H2,1-2H3,(H,17,23)(H,18,22)(H,19,24)(H,20,21)(H,25,26). The second kappa shape index (κ2) is 13.2. The third-order valence-electron chi connectivity index (χ3n) is 3.52. The molecule has 11 nitrogen and oxygen atoms in total. The number of nitrogens with two attached hydrogens (primary N) is 1. The molecule has 0 aliphatic rings. The molecule has 4 unspecified atom stereocenters. The van der Waals surface area contributed by atoms with Crippen molar-refractivity contribution in [3.63, 3.8) is 0 Å². The zero-order valence-corrected chi connectivity index (χ0v) is 17.2. The zero-order valence-electron chi connectivity index (χ0n) is 15.5. The van der Waals surface area contributed by atoms with Crippen LogP contribution in [-0.2, 0) is 24.0 Å². The normalized spacial score (nSPS) is 14.9. The minimum absolute atomic E-state index is 0.0824. The maximum absolute atomic E-state index is 12.4. The average molecular weight is 439 g/mol. The van der Waals surface area contributed by atoms with Gasteiger partial charge in [-0.15, -0.1) is 0 Å². The highest BCUT2D eigenvalue weighted by Gasteiger charge is 2.29. The highest BCUT2D eigenvalue weighted by molar-refractivity contribution is 7.98. The molecular formula is C15H26N4O7S2. The molecule has 0 rings (SSSR count). The van der Waals surface area contributed by atoms with Gasteiger partial charge in [0.25, 0.3) is 0 Å². The molecule has 4 atom stereocenters. The van der Waals surface area contributed by atoms with E-state index in [1.807, 2.05) is 0 Å². The van der Waals surface area contributed by atoms with Gasteiger partial charge in [0, 0.05) is 5.75 Å². The molecule has 0 aromatic heterocycles. The van der Waals surface area contributed by atoms with Crippen LogP contribution in [0.25, 0.3) is 0 Å². The number of thiol groups is 1. The molecule has 28 heavy (non-hydrogen) atoms. The number of hydrogen-bond acceptors (Lipinski definition) is 8. The third kappa shape index (κ3) is 9.80. The highest BCUT2D eigenvalue weighted by atomic mass is 32.2. The number of hydrogen-bond donors (Lipinski definition) is 7. The second-order valence-electron chi connectivity index (χ2n) is 5.86. The topological polar surface area (TPSA) is 188 Å². The lowest BCUT2D eigenvalue weighted by Crippen LogP contribution is -2.56. The van der Waals surface area contributed by atoms with Crippen LogP contribution in [0.2, 0.25) is 0 Å². The molecule has 0 heterocycles. The molecule has 0 fully saturated rings. The summed E-state index contributed by atoms with van der Waals surface area (Å²) in [6.45, 7) is 1.40. The van der Waals surface area contributed by atoms with Gasteiger partial charge in [0.1, 0.15) is 18.1 Å². The van der Waals surface area contributed by atoms with Gasteiger partial charge in [0.15, 0.2) is 0 Å². The van der Waals surface area contributed by atoms with Gasteiger partial charge in [-0.25, -0.2) is 4.79 Å². The summed E-state index contributed by atoms with van der Waals surface area (Å²) >= 11 is 5.29. The quantitative estimate of drug-likeness (QED) is 0.160. The highest BCUT2D eigenvalue weighted by Crippen LogP contribution is 2.04. The summed E-state index contributed by atoms with van der Waals surface area (Å²) in [5, 5.41) is 24.7. The van der Waals surface area contributed by atoms with Crippen LogP contribution in [0.4, 0.5) is 0 Å². The van der Waals surface area contributed by atoms with E-state index in [9.17, 15) is 24.0 Å². The SMILES string of the molecule is CSCCC(NC(=O)C(C)NC(=O)C(N)CS)C(=O)NC(CC(=O)O)C(=O)O. The maximum atomic E-state index is 12.4. The molecule has 0 saturated heterocycles. The van der Waals surface area contributed by atoms with Gasteiger partial charge in [0.05, 0.1) is 12.5 Å². The fraction of sp³-hybridized carbons (Fsp3) is 0.667. The number of rotatable bonds is 13. The summed E-state index contributed by atoms with van der Waals surface area (Å²) in [4.78, 5) is 58.2. The Labute approximate surface area is 172 Å². The first-order chi connectivity index (χ1) is 13.0. The van der Waals surface area contributed by atoms with E-state index >= 15 is 0 Å². The Kier molecular flexibility index (Phi) is 12.3. The van der Waals surface area contributed by atoms with Crippen molar-refractivity contribution in [2.45, 2.75) is 43.9 Å². The van der Waals surface area contributed by atoms with Crippen molar-refractivity contribution in [1.82, 2.24) is 16.0 Å². The number of nitrogens with one attached hydrogen (secondary N) is 3. The minimum atomic E-state index is -1.64. The monoisotopic (exact) mass is 438 g/mol. The predicted molar refractivity (Wildman–Crippen MR) is 106 cm³/mol. The molecule has 13 heteroatoms. The van der Waals surface area contributed by atoms with E-state index < -0.39 is 60.2 Å². The van der Waals surface area contributed by atoms with Crippen LogP contribution in [0.1, 0.15) is 19.8 Å². The van der Waals surface area contributed by atoms with Crippen LogP contribution < -0.4 is 21.7 Å². The molecule has 0 bridgehead atoms. The molecular weight excluding hydrogens is 412 g/mol. The summed E-state index contributed by atoms with van der Waals surface area (Å²) < 4.78 is 0. The number of carbonyl (C=O) groups excluding carboxylic acids is 3.